The number of aromatic carboxylic acids is 1. The van der Waals surface area contributed by atoms with Gasteiger partial charge >= 0.3 is 11.9 Å². The minimum Gasteiger partial charge on any atom is -0.478 e. The van der Waals surface area contributed by atoms with Crippen molar-refractivity contribution in [1.29, 1.82) is 0 Å². The van der Waals surface area contributed by atoms with E-state index < -0.39 is 34.9 Å². The van der Waals surface area contributed by atoms with Gasteiger partial charge in [-0.2, -0.15) is 0 Å². The molecule has 10 nitrogen and oxygen atoms in total. The molecule has 3 amide bonds. The predicted molar refractivity (Wildman–Crippen MR) is 184 cm³/mol. The van der Waals surface area contributed by atoms with Crippen LogP contribution >= 0.6 is 23.1 Å². The van der Waals surface area contributed by atoms with E-state index >= 15 is 0 Å². The van der Waals surface area contributed by atoms with Crippen LogP contribution in [0.4, 0.5) is 16.4 Å². The summed E-state index contributed by atoms with van der Waals surface area (Å²) in [5.41, 5.74) is 1.77. The number of nitrogens with one attached hydrogen (secondary N) is 3. The summed E-state index contributed by atoms with van der Waals surface area (Å²) >= 11 is 2.21. The van der Waals surface area contributed by atoms with E-state index in [0.717, 1.165) is 11.3 Å². The third kappa shape index (κ3) is 7.35. The third-order valence-corrected chi connectivity index (χ3v) is 9.46. The van der Waals surface area contributed by atoms with Crippen LogP contribution < -0.4 is 16.0 Å². The van der Waals surface area contributed by atoms with Crippen molar-refractivity contribution >= 4 is 79.9 Å². The van der Waals surface area contributed by atoms with Gasteiger partial charge in [0, 0.05) is 27.2 Å². The Balaban J connectivity index is 1.31. The molecule has 5 rings (SSSR count). The molecule has 0 aliphatic heterocycles. The van der Waals surface area contributed by atoms with Crippen molar-refractivity contribution in [2.45, 2.75) is 24.0 Å². The molecule has 238 valence electrons. The number of carbonyl (C=O) groups is 5. The van der Waals surface area contributed by atoms with Gasteiger partial charge < -0.3 is 25.8 Å². The second-order valence-electron chi connectivity index (χ2n) is 10.3. The van der Waals surface area contributed by atoms with Crippen LogP contribution in [0.15, 0.2) is 95.9 Å². The van der Waals surface area contributed by atoms with E-state index in [4.69, 9.17) is 4.74 Å². The van der Waals surface area contributed by atoms with Gasteiger partial charge in [0.25, 0.3) is 11.8 Å². The lowest BCUT2D eigenvalue weighted by atomic mass is 9.98. The van der Waals surface area contributed by atoms with Crippen molar-refractivity contribution in [2.75, 3.05) is 23.1 Å². The topological polar surface area (TPSA) is 151 Å². The van der Waals surface area contributed by atoms with Crippen LogP contribution in [0.3, 0.4) is 0 Å². The summed E-state index contributed by atoms with van der Waals surface area (Å²) in [5, 5.41) is 18.6. The smallest absolute Gasteiger partial charge is 0.341 e. The quantitative estimate of drug-likeness (QED) is 0.0894. The largest absolute Gasteiger partial charge is 0.478 e. The summed E-state index contributed by atoms with van der Waals surface area (Å²) in [5.74, 6) is -3.13. The number of anilines is 3. The standard InChI is InChI=1S/C35H29N3O7S2/c1-19-27(35(44)45-3)33(47-29(19)32(41)36-22-12-5-4-6-13-22)38-30(39)20(2)46-24-15-9-14-23(18-24)37-31(40)25-16-7-10-21-11-8-17-26(28(21)25)34(42)43/h4-18,20H,1-3H3,(H,36,41)(H,37,40)(H,38,39)(H,42,43). The minimum absolute atomic E-state index is 0.0256. The zero-order chi connectivity index (χ0) is 33.7. The average molecular weight is 668 g/mol. The lowest BCUT2D eigenvalue weighted by Crippen LogP contribution is -2.23. The number of hydrogen-bond donors (Lipinski definition) is 4. The number of ether oxygens (including phenoxy) is 1. The molecule has 4 N–H and O–H groups in total. The second kappa shape index (κ2) is 14.3. The molecular weight excluding hydrogens is 639 g/mol. The first kappa shape index (κ1) is 32.9. The molecule has 0 aliphatic rings. The van der Waals surface area contributed by atoms with Gasteiger partial charge in [-0.25, -0.2) is 9.59 Å². The zero-order valence-corrected chi connectivity index (χ0v) is 27.1. The molecule has 0 radical (unpaired) electrons. The molecule has 1 atom stereocenters. The number of methoxy groups -OCH3 is 1. The molecule has 47 heavy (non-hydrogen) atoms. The van der Waals surface area contributed by atoms with Gasteiger partial charge in [0.15, 0.2) is 0 Å². The molecule has 4 aromatic carbocycles. The Morgan fingerprint density at radius 3 is 2.11 bits per heavy atom. The first-order chi connectivity index (χ1) is 22.6. The summed E-state index contributed by atoms with van der Waals surface area (Å²) in [6.45, 7) is 3.31. The number of benzene rings is 4. The van der Waals surface area contributed by atoms with Gasteiger partial charge in [-0.1, -0.05) is 48.5 Å². The van der Waals surface area contributed by atoms with Crippen molar-refractivity contribution in [3.8, 4) is 0 Å². The predicted octanol–water partition coefficient (Wildman–Crippen LogP) is 7.32. The number of amides is 3. The summed E-state index contributed by atoms with van der Waals surface area (Å²) in [7, 11) is 1.23. The number of hydrogen-bond acceptors (Lipinski definition) is 8. The SMILES string of the molecule is COC(=O)c1c(NC(=O)C(C)Sc2cccc(NC(=O)c3cccc4cccc(C(=O)O)c34)c2)sc(C(=O)Nc2ccccc2)c1C. The van der Waals surface area contributed by atoms with Gasteiger partial charge in [0.05, 0.1) is 28.4 Å². The van der Waals surface area contributed by atoms with E-state index in [1.165, 1.54) is 24.9 Å². The van der Waals surface area contributed by atoms with Crippen LogP contribution in [-0.4, -0.2) is 47.1 Å². The number of esters is 1. The normalized spacial score (nSPS) is 11.4. The fraction of sp³-hybridized carbons (Fsp3) is 0.114. The summed E-state index contributed by atoms with van der Waals surface area (Å²) in [6.07, 6.45) is 0. The Morgan fingerprint density at radius 1 is 0.787 bits per heavy atom. The van der Waals surface area contributed by atoms with Crippen molar-refractivity contribution in [1.82, 2.24) is 0 Å². The third-order valence-electron chi connectivity index (χ3n) is 7.16. The molecule has 0 saturated carbocycles. The molecule has 1 aromatic heterocycles. The van der Waals surface area contributed by atoms with Crippen molar-refractivity contribution in [2.24, 2.45) is 0 Å². The summed E-state index contributed by atoms with van der Waals surface area (Å²) in [6, 6.07) is 25.6. The van der Waals surface area contributed by atoms with Crippen LogP contribution in [0.1, 0.15) is 53.2 Å². The molecular formula is C35H29N3O7S2. The lowest BCUT2D eigenvalue weighted by Gasteiger charge is -2.14. The van der Waals surface area contributed by atoms with E-state index in [-0.39, 0.29) is 26.6 Å². The van der Waals surface area contributed by atoms with E-state index in [2.05, 4.69) is 16.0 Å². The van der Waals surface area contributed by atoms with Crippen molar-refractivity contribution < 1.29 is 33.8 Å². The number of fused-ring (bicyclic) bond motifs is 1. The Kier molecular flexibility index (Phi) is 10.0. The average Bonchev–Trinajstić information content (AvgIpc) is 3.39. The second-order valence-corrected chi connectivity index (χ2v) is 12.8. The fourth-order valence-electron chi connectivity index (χ4n) is 4.90. The molecule has 5 aromatic rings. The molecule has 12 heteroatoms. The Morgan fingerprint density at radius 2 is 1.43 bits per heavy atom. The number of thioether (sulfide) groups is 1. The van der Waals surface area contributed by atoms with E-state index in [1.54, 1.807) is 92.7 Å². The van der Waals surface area contributed by atoms with E-state index in [9.17, 15) is 29.1 Å². The maximum absolute atomic E-state index is 13.3. The highest BCUT2D eigenvalue weighted by atomic mass is 32.2. The first-order valence-electron chi connectivity index (χ1n) is 14.3. The molecule has 0 fully saturated rings. The maximum Gasteiger partial charge on any atom is 0.341 e. The van der Waals surface area contributed by atoms with Crippen LogP contribution in [0.2, 0.25) is 0 Å². The van der Waals surface area contributed by atoms with Crippen molar-refractivity contribution in [3.05, 3.63) is 118 Å². The number of carbonyl (C=O) groups excluding carboxylic acids is 4. The highest BCUT2D eigenvalue weighted by Crippen LogP contribution is 2.35. The summed E-state index contributed by atoms with van der Waals surface area (Å²) < 4.78 is 4.94. The van der Waals surface area contributed by atoms with Gasteiger partial charge in [-0.05, 0) is 67.3 Å². The molecule has 0 spiro atoms. The molecule has 1 heterocycles. The molecule has 1 unspecified atom stereocenters. The zero-order valence-electron chi connectivity index (χ0n) is 25.5. The van der Waals surface area contributed by atoms with Crippen LogP contribution in [0.25, 0.3) is 10.8 Å². The fourth-order valence-corrected chi connectivity index (χ4v) is 6.92. The Hall–Kier alpha value is -5.46. The van der Waals surface area contributed by atoms with E-state index in [0.29, 0.717) is 32.6 Å². The maximum atomic E-state index is 13.3. The van der Waals surface area contributed by atoms with Crippen LogP contribution in [0, 0.1) is 6.92 Å². The van der Waals surface area contributed by atoms with E-state index in [1.807, 2.05) is 6.07 Å². The number of para-hydroxylation sites is 1. The van der Waals surface area contributed by atoms with Gasteiger partial charge in [-0.3, -0.25) is 14.4 Å². The Bertz CT molecular complexity index is 2020. The number of carboxylic acid groups (broad SMARTS) is 1. The Labute approximate surface area is 278 Å². The van der Waals surface area contributed by atoms with Gasteiger partial charge in [-0.15, -0.1) is 23.1 Å². The number of carboxylic acids is 1. The lowest BCUT2D eigenvalue weighted by molar-refractivity contribution is -0.115. The van der Waals surface area contributed by atoms with Crippen LogP contribution in [-0.2, 0) is 9.53 Å². The molecule has 0 aliphatic carbocycles. The first-order valence-corrected chi connectivity index (χ1v) is 16.0. The number of thiophene rings is 1. The monoisotopic (exact) mass is 667 g/mol. The van der Waals surface area contributed by atoms with Crippen LogP contribution in [0.5, 0.6) is 0 Å². The number of rotatable bonds is 10. The highest BCUT2D eigenvalue weighted by Gasteiger charge is 2.28. The molecule has 0 bridgehead atoms. The highest BCUT2D eigenvalue weighted by molar-refractivity contribution is 8.00. The minimum atomic E-state index is -1.13. The van der Waals surface area contributed by atoms with Gasteiger partial charge in [0.1, 0.15) is 5.00 Å². The van der Waals surface area contributed by atoms with Gasteiger partial charge in [0.2, 0.25) is 5.91 Å². The van der Waals surface area contributed by atoms with Crippen molar-refractivity contribution in [3.63, 3.8) is 0 Å². The molecule has 0 saturated heterocycles. The summed E-state index contributed by atoms with van der Waals surface area (Å²) in [4.78, 5) is 65.1.